The molecule has 3 heteroatoms. The Balaban J connectivity index is 1.85. The maximum absolute atomic E-state index is 12.4. The number of benzene rings is 1. The highest BCUT2D eigenvalue weighted by Crippen LogP contribution is 2.23. The summed E-state index contributed by atoms with van der Waals surface area (Å²) in [6.07, 6.45) is 5.76. The molecular formula is C17H26N2O. The zero-order valence-electron chi connectivity index (χ0n) is 12.6. The van der Waals surface area contributed by atoms with Crippen molar-refractivity contribution in [3.05, 3.63) is 35.9 Å². The average Bonchev–Trinajstić information content (AvgIpc) is 2.53. The third-order valence-corrected chi connectivity index (χ3v) is 4.27. The molecule has 1 aliphatic rings. The summed E-state index contributed by atoms with van der Waals surface area (Å²) in [5.41, 5.74) is 0.793. The second kappa shape index (κ2) is 7.44. The summed E-state index contributed by atoms with van der Waals surface area (Å²) in [6, 6.07) is 10.6. The monoisotopic (exact) mass is 274 g/mol. The minimum absolute atomic E-state index is 0.149. The van der Waals surface area contributed by atoms with Crippen LogP contribution in [0.5, 0.6) is 0 Å². The topological polar surface area (TPSA) is 32.3 Å². The zero-order valence-corrected chi connectivity index (χ0v) is 12.6. The predicted octanol–water partition coefficient (Wildman–Crippen LogP) is 3.07. The van der Waals surface area contributed by atoms with Gasteiger partial charge in [-0.25, -0.2) is 0 Å². The number of carbonyl (C=O) groups excluding carboxylic acids is 1. The lowest BCUT2D eigenvalue weighted by atomic mass is 9.90. The van der Waals surface area contributed by atoms with Crippen LogP contribution in [0.3, 0.4) is 0 Å². The van der Waals surface area contributed by atoms with Crippen molar-refractivity contribution in [2.24, 2.45) is 0 Å². The number of hydrogen-bond acceptors (Lipinski definition) is 2. The van der Waals surface area contributed by atoms with E-state index in [1.165, 1.54) is 19.3 Å². The van der Waals surface area contributed by atoms with Gasteiger partial charge in [-0.3, -0.25) is 4.79 Å². The number of nitrogens with zero attached hydrogens (tertiary/aromatic N) is 1. The van der Waals surface area contributed by atoms with E-state index in [9.17, 15) is 4.79 Å². The molecule has 1 aliphatic carbocycles. The van der Waals surface area contributed by atoms with E-state index >= 15 is 0 Å². The summed E-state index contributed by atoms with van der Waals surface area (Å²) in [6.45, 7) is 3.30. The van der Waals surface area contributed by atoms with Gasteiger partial charge in [0.2, 0.25) is 0 Å². The molecule has 1 saturated carbocycles. The summed E-state index contributed by atoms with van der Waals surface area (Å²) < 4.78 is 0. The summed E-state index contributed by atoms with van der Waals surface area (Å²) in [7, 11) is 1.94. The summed E-state index contributed by atoms with van der Waals surface area (Å²) in [5, 5.41) is 3.59. The van der Waals surface area contributed by atoms with Crippen molar-refractivity contribution in [3.63, 3.8) is 0 Å². The van der Waals surface area contributed by atoms with Gasteiger partial charge in [0.15, 0.2) is 0 Å². The third-order valence-electron chi connectivity index (χ3n) is 4.27. The van der Waals surface area contributed by atoms with Crippen molar-refractivity contribution in [2.75, 3.05) is 13.6 Å². The van der Waals surface area contributed by atoms with Crippen molar-refractivity contribution < 1.29 is 4.79 Å². The molecule has 1 amide bonds. The molecule has 20 heavy (non-hydrogen) atoms. The standard InChI is InChI=1S/C17H26N2O/c1-3-13-18-15-9-11-16(12-10-15)19(2)17(20)14-7-5-4-6-8-14/h4-8,15-16,18H,3,9-13H2,1-2H3. The van der Waals surface area contributed by atoms with Gasteiger partial charge >= 0.3 is 0 Å². The Labute approximate surface area is 122 Å². The normalized spacial score (nSPS) is 22.5. The lowest BCUT2D eigenvalue weighted by Gasteiger charge is -2.35. The van der Waals surface area contributed by atoms with Gasteiger partial charge in [-0.15, -0.1) is 0 Å². The number of amides is 1. The maximum atomic E-state index is 12.4. The average molecular weight is 274 g/mol. The number of carbonyl (C=O) groups is 1. The molecule has 0 heterocycles. The molecule has 2 rings (SSSR count). The summed E-state index contributed by atoms with van der Waals surface area (Å²) in [5.74, 6) is 0.149. The number of hydrogen-bond donors (Lipinski definition) is 1. The molecule has 110 valence electrons. The molecule has 0 aliphatic heterocycles. The molecule has 0 atom stereocenters. The van der Waals surface area contributed by atoms with Crippen LogP contribution in [0, 0.1) is 0 Å². The molecule has 1 fully saturated rings. The van der Waals surface area contributed by atoms with Crippen molar-refractivity contribution in [3.8, 4) is 0 Å². The van der Waals surface area contributed by atoms with Crippen LogP contribution in [0.25, 0.3) is 0 Å². The number of nitrogens with one attached hydrogen (secondary N) is 1. The Hall–Kier alpha value is -1.35. The van der Waals surface area contributed by atoms with E-state index in [1.807, 2.05) is 42.3 Å². The molecule has 1 N–H and O–H groups in total. The number of rotatable bonds is 5. The highest BCUT2D eigenvalue weighted by atomic mass is 16.2. The van der Waals surface area contributed by atoms with E-state index in [0.29, 0.717) is 12.1 Å². The van der Waals surface area contributed by atoms with Crippen LogP contribution in [-0.4, -0.2) is 36.5 Å². The molecule has 0 aromatic heterocycles. The first kappa shape index (κ1) is 15.0. The Kier molecular flexibility index (Phi) is 5.60. The molecular weight excluding hydrogens is 248 g/mol. The lowest BCUT2D eigenvalue weighted by molar-refractivity contribution is 0.0684. The molecule has 0 bridgehead atoms. The van der Waals surface area contributed by atoms with Gasteiger partial charge in [0, 0.05) is 24.7 Å². The molecule has 3 nitrogen and oxygen atoms in total. The van der Waals surface area contributed by atoms with Crippen LogP contribution >= 0.6 is 0 Å². The van der Waals surface area contributed by atoms with E-state index in [4.69, 9.17) is 0 Å². The fourth-order valence-corrected chi connectivity index (χ4v) is 2.97. The Bertz CT molecular complexity index is 410. The largest absolute Gasteiger partial charge is 0.339 e. The molecule has 0 spiro atoms. The second-order valence-corrected chi connectivity index (χ2v) is 5.74. The Morgan fingerprint density at radius 2 is 1.85 bits per heavy atom. The van der Waals surface area contributed by atoms with Crippen LogP contribution in [0.1, 0.15) is 49.4 Å². The molecule has 0 unspecified atom stereocenters. The van der Waals surface area contributed by atoms with Gasteiger partial charge in [-0.05, 0) is 50.8 Å². The van der Waals surface area contributed by atoms with Crippen LogP contribution < -0.4 is 5.32 Å². The molecule has 1 aromatic carbocycles. The van der Waals surface area contributed by atoms with Gasteiger partial charge in [-0.2, -0.15) is 0 Å². The zero-order chi connectivity index (χ0) is 14.4. The van der Waals surface area contributed by atoms with Crippen LogP contribution in [0.15, 0.2) is 30.3 Å². The minimum Gasteiger partial charge on any atom is -0.339 e. The van der Waals surface area contributed by atoms with E-state index < -0.39 is 0 Å². The Morgan fingerprint density at radius 3 is 2.45 bits per heavy atom. The minimum atomic E-state index is 0.149. The fourth-order valence-electron chi connectivity index (χ4n) is 2.97. The molecule has 0 radical (unpaired) electrons. The summed E-state index contributed by atoms with van der Waals surface area (Å²) >= 11 is 0. The van der Waals surface area contributed by atoms with Crippen LogP contribution in [0.2, 0.25) is 0 Å². The fraction of sp³-hybridized carbons (Fsp3) is 0.588. The molecule has 1 aromatic rings. The van der Waals surface area contributed by atoms with Crippen molar-refractivity contribution >= 4 is 5.91 Å². The van der Waals surface area contributed by atoms with Crippen molar-refractivity contribution in [2.45, 2.75) is 51.1 Å². The first-order chi connectivity index (χ1) is 9.72. The predicted molar refractivity (Wildman–Crippen MR) is 82.9 cm³/mol. The molecule has 0 saturated heterocycles. The quantitative estimate of drug-likeness (QED) is 0.895. The second-order valence-electron chi connectivity index (χ2n) is 5.74. The first-order valence-electron chi connectivity index (χ1n) is 7.78. The first-order valence-corrected chi connectivity index (χ1v) is 7.78. The van der Waals surface area contributed by atoms with Gasteiger partial charge in [0.1, 0.15) is 0 Å². The SMILES string of the molecule is CCCNC1CCC(N(C)C(=O)c2ccccc2)CC1. The van der Waals surface area contributed by atoms with E-state index in [-0.39, 0.29) is 5.91 Å². The van der Waals surface area contributed by atoms with Crippen molar-refractivity contribution in [1.29, 1.82) is 0 Å². The highest BCUT2D eigenvalue weighted by Gasteiger charge is 2.26. The van der Waals surface area contributed by atoms with E-state index in [0.717, 1.165) is 24.9 Å². The van der Waals surface area contributed by atoms with Gasteiger partial charge in [-0.1, -0.05) is 25.1 Å². The van der Waals surface area contributed by atoms with Gasteiger partial charge in [0.05, 0.1) is 0 Å². The van der Waals surface area contributed by atoms with Gasteiger partial charge in [0.25, 0.3) is 5.91 Å². The lowest BCUT2D eigenvalue weighted by Crippen LogP contribution is -2.43. The van der Waals surface area contributed by atoms with Crippen LogP contribution in [0.4, 0.5) is 0 Å². The third kappa shape index (κ3) is 3.83. The van der Waals surface area contributed by atoms with Crippen LogP contribution in [-0.2, 0) is 0 Å². The smallest absolute Gasteiger partial charge is 0.253 e. The maximum Gasteiger partial charge on any atom is 0.253 e. The van der Waals surface area contributed by atoms with Crippen molar-refractivity contribution in [1.82, 2.24) is 10.2 Å². The highest BCUT2D eigenvalue weighted by molar-refractivity contribution is 5.94. The Morgan fingerprint density at radius 1 is 1.20 bits per heavy atom. The van der Waals surface area contributed by atoms with E-state index in [2.05, 4.69) is 12.2 Å². The van der Waals surface area contributed by atoms with E-state index in [1.54, 1.807) is 0 Å². The summed E-state index contributed by atoms with van der Waals surface area (Å²) in [4.78, 5) is 14.3. The van der Waals surface area contributed by atoms with Gasteiger partial charge < -0.3 is 10.2 Å².